The molecule has 0 spiro atoms. The molecule has 0 atom stereocenters. The lowest BCUT2D eigenvalue weighted by Crippen LogP contribution is -2.25. The van der Waals surface area contributed by atoms with Crippen LogP contribution in [0.5, 0.6) is 0 Å². The number of fused-ring (bicyclic) bond motifs is 2. The van der Waals surface area contributed by atoms with Gasteiger partial charge in [-0.15, -0.1) is 23.7 Å². The fourth-order valence-corrected chi connectivity index (χ4v) is 4.37. The lowest BCUT2D eigenvalue weighted by molar-refractivity contribution is 0.102. The first-order valence-electron chi connectivity index (χ1n) is 8.38. The first kappa shape index (κ1) is 17.4. The molecule has 0 fully saturated rings. The van der Waals surface area contributed by atoms with Crippen LogP contribution in [0.2, 0.25) is 0 Å². The second kappa shape index (κ2) is 7.63. The van der Waals surface area contributed by atoms with Crippen molar-refractivity contribution in [3.63, 3.8) is 0 Å². The lowest BCUT2D eigenvalue weighted by Gasteiger charge is -2.12. The van der Waals surface area contributed by atoms with Gasteiger partial charge in [-0.1, -0.05) is 12.8 Å². The topological polar surface area (TPSA) is 82.7 Å². The first-order chi connectivity index (χ1) is 11.3. The summed E-state index contributed by atoms with van der Waals surface area (Å²) in [6.45, 7) is 1.62. The third-order valence-corrected chi connectivity index (χ3v) is 5.66. The Bertz CT molecular complexity index is 701. The van der Waals surface area contributed by atoms with E-state index in [0.29, 0.717) is 17.4 Å². The summed E-state index contributed by atoms with van der Waals surface area (Å²) in [5, 5.41) is 14.1. The lowest BCUT2D eigenvalue weighted by atomic mass is 10.0. The number of halogens is 1. The summed E-state index contributed by atoms with van der Waals surface area (Å²) >= 11 is 1.62. The van der Waals surface area contributed by atoms with Crippen LogP contribution in [0, 0.1) is 0 Å². The van der Waals surface area contributed by atoms with Gasteiger partial charge in [-0.25, -0.2) is 4.98 Å². The van der Waals surface area contributed by atoms with E-state index in [1.807, 2.05) is 0 Å². The van der Waals surface area contributed by atoms with E-state index in [-0.39, 0.29) is 18.3 Å². The third-order valence-electron chi connectivity index (χ3n) is 4.59. The Labute approximate surface area is 151 Å². The number of hydrogen-bond donors (Lipinski definition) is 3. The molecule has 6 nitrogen and oxygen atoms in total. The number of carbonyl (C=O) groups excluding carboxylic acids is 1. The zero-order valence-electron chi connectivity index (χ0n) is 13.5. The van der Waals surface area contributed by atoms with Gasteiger partial charge in [0.15, 0.2) is 10.8 Å². The zero-order valence-corrected chi connectivity index (χ0v) is 15.1. The molecule has 130 valence electrons. The van der Waals surface area contributed by atoms with Gasteiger partial charge in [0, 0.05) is 35.6 Å². The number of nitrogens with one attached hydrogen (secondary N) is 3. The van der Waals surface area contributed by atoms with Gasteiger partial charge in [-0.3, -0.25) is 15.2 Å². The van der Waals surface area contributed by atoms with Gasteiger partial charge in [0.1, 0.15) is 0 Å². The maximum absolute atomic E-state index is 12.5. The molecule has 1 amide bonds. The van der Waals surface area contributed by atoms with Gasteiger partial charge in [0.25, 0.3) is 5.91 Å². The van der Waals surface area contributed by atoms with Crippen molar-refractivity contribution in [1.82, 2.24) is 20.5 Å². The van der Waals surface area contributed by atoms with Crippen LogP contribution in [0.3, 0.4) is 0 Å². The molecule has 2 aliphatic rings. The molecule has 24 heavy (non-hydrogen) atoms. The minimum atomic E-state index is -0.159. The van der Waals surface area contributed by atoms with Crippen LogP contribution in [0.4, 0.5) is 5.13 Å². The monoisotopic (exact) mass is 367 g/mol. The summed E-state index contributed by atoms with van der Waals surface area (Å²) in [5.74, 6) is -0.159. The average Bonchev–Trinajstić information content (AvgIpc) is 3.11. The second-order valence-electron chi connectivity index (χ2n) is 6.21. The van der Waals surface area contributed by atoms with Crippen molar-refractivity contribution in [1.29, 1.82) is 0 Å². The minimum absolute atomic E-state index is 0. The summed E-state index contributed by atoms with van der Waals surface area (Å²) in [7, 11) is 0. The Morgan fingerprint density at radius 3 is 2.83 bits per heavy atom. The van der Waals surface area contributed by atoms with E-state index in [1.54, 1.807) is 11.3 Å². The largest absolute Gasteiger partial charge is 0.312 e. The standard InChI is InChI=1S/C16H21N5OS.ClH/c22-15(14-10-9-17-8-7-11(10)20-21-14)19-16-18-12-5-3-1-2-4-6-13(12)23-16;/h17H,1-9H2,(H,20,21)(H,18,19,22);1H. The highest BCUT2D eigenvalue weighted by Gasteiger charge is 2.23. The van der Waals surface area contributed by atoms with E-state index >= 15 is 0 Å². The predicted octanol–water partition coefficient (Wildman–Crippen LogP) is 2.85. The molecule has 0 bridgehead atoms. The SMILES string of the molecule is Cl.O=C(Nc1nc2c(s1)CCCCCC2)c1n[nH]c2c1CNCC2. The fraction of sp³-hybridized carbons (Fsp3) is 0.562. The van der Waals surface area contributed by atoms with Crippen LogP contribution in [-0.2, 0) is 25.8 Å². The average molecular weight is 368 g/mol. The predicted molar refractivity (Wildman–Crippen MR) is 97.2 cm³/mol. The fourth-order valence-electron chi connectivity index (χ4n) is 3.33. The summed E-state index contributed by atoms with van der Waals surface area (Å²) in [4.78, 5) is 18.5. The number of aryl methyl sites for hydroxylation is 2. The highest BCUT2D eigenvalue weighted by molar-refractivity contribution is 7.15. The molecule has 3 heterocycles. The molecule has 2 aromatic rings. The van der Waals surface area contributed by atoms with E-state index in [1.165, 1.54) is 36.3 Å². The van der Waals surface area contributed by atoms with Gasteiger partial charge >= 0.3 is 0 Å². The molecule has 0 radical (unpaired) electrons. The molecule has 8 heteroatoms. The van der Waals surface area contributed by atoms with Gasteiger partial charge in [0.2, 0.25) is 0 Å². The second-order valence-corrected chi connectivity index (χ2v) is 7.30. The number of nitrogens with zero attached hydrogens (tertiary/aromatic N) is 2. The summed E-state index contributed by atoms with van der Waals surface area (Å²) < 4.78 is 0. The molecule has 4 rings (SSSR count). The van der Waals surface area contributed by atoms with E-state index in [0.717, 1.165) is 37.1 Å². The number of anilines is 1. The van der Waals surface area contributed by atoms with Crippen molar-refractivity contribution < 1.29 is 4.79 Å². The molecule has 0 aromatic carbocycles. The Morgan fingerprint density at radius 1 is 1.12 bits per heavy atom. The van der Waals surface area contributed by atoms with Gasteiger partial charge in [-0.2, -0.15) is 5.10 Å². The molecular weight excluding hydrogens is 346 g/mol. The molecule has 1 aliphatic carbocycles. The van der Waals surface area contributed by atoms with E-state index in [9.17, 15) is 4.79 Å². The normalized spacial score (nSPS) is 17.0. The number of thiazole rings is 1. The Morgan fingerprint density at radius 2 is 1.96 bits per heavy atom. The van der Waals surface area contributed by atoms with Crippen LogP contribution in [0.25, 0.3) is 0 Å². The first-order valence-corrected chi connectivity index (χ1v) is 9.19. The number of amides is 1. The number of aromatic nitrogens is 3. The van der Waals surface area contributed by atoms with Crippen molar-refractivity contribution in [2.24, 2.45) is 0 Å². The van der Waals surface area contributed by atoms with Gasteiger partial charge in [-0.05, 0) is 25.7 Å². The zero-order chi connectivity index (χ0) is 15.6. The Hall–Kier alpha value is -1.44. The molecule has 0 saturated carbocycles. The molecular formula is C16H22ClN5OS. The molecule has 0 unspecified atom stereocenters. The van der Waals surface area contributed by atoms with E-state index in [2.05, 4.69) is 25.8 Å². The van der Waals surface area contributed by atoms with E-state index < -0.39 is 0 Å². The molecule has 3 N–H and O–H groups in total. The summed E-state index contributed by atoms with van der Waals surface area (Å²) in [6.07, 6.45) is 8.01. The van der Waals surface area contributed by atoms with Crippen molar-refractivity contribution in [2.45, 2.75) is 51.5 Å². The number of carbonyl (C=O) groups is 1. The van der Waals surface area contributed by atoms with Gasteiger partial charge in [0.05, 0.1) is 5.69 Å². The molecule has 0 saturated heterocycles. The Balaban J connectivity index is 0.00000169. The smallest absolute Gasteiger partial charge is 0.278 e. The van der Waals surface area contributed by atoms with Crippen molar-refractivity contribution in [2.75, 3.05) is 11.9 Å². The highest BCUT2D eigenvalue weighted by atomic mass is 35.5. The van der Waals surface area contributed by atoms with E-state index in [4.69, 9.17) is 0 Å². The molecule has 1 aliphatic heterocycles. The number of H-pyrrole nitrogens is 1. The maximum Gasteiger partial charge on any atom is 0.278 e. The summed E-state index contributed by atoms with van der Waals surface area (Å²) in [5.41, 5.74) is 3.73. The third kappa shape index (κ3) is 3.48. The van der Waals surface area contributed by atoms with Crippen molar-refractivity contribution >= 4 is 34.8 Å². The number of aromatic amines is 1. The Kier molecular flexibility index (Phi) is 5.53. The minimum Gasteiger partial charge on any atom is -0.312 e. The van der Waals surface area contributed by atoms with Crippen LogP contribution in [-0.4, -0.2) is 27.6 Å². The van der Waals surface area contributed by atoms with Crippen LogP contribution < -0.4 is 10.6 Å². The summed E-state index contributed by atoms with van der Waals surface area (Å²) in [6, 6.07) is 0. The van der Waals surface area contributed by atoms with Crippen LogP contribution >= 0.6 is 23.7 Å². The van der Waals surface area contributed by atoms with Gasteiger partial charge < -0.3 is 5.32 Å². The maximum atomic E-state index is 12.5. The van der Waals surface area contributed by atoms with Crippen molar-refractivity contribution in [3.05, 3.63) is 27.5 Å². The highest BCUT2D eigenvalue weighted by Crippen LogP contribution is 2.29. The van der Waals surface area contributed by atoms with Crippen molar-refractivity contribution in [3.8, 4) is 0 Å². The quantitative estimate of drug-likeness (QED) is 0.762. The molecule has 2 aromatic heterocycles. The van der Waals surface area contributed by atoms with Crippen LogP contribution in [0.15, 0.2) is 0 Å². The number of rotatable bonds is 2. The number of hydrogen-bond acceptors (Lipinski definition) is 5. The van der Waals surface area contributed by atoms with Crippen LogP contribution in [0.1, 0.15) is 58.0 Å².